The van der Waals surface area contributed by atoms with Crippen LogP contribution in [0.3, 0.4) is 0 Å². The van der Waals surface area contributed by atoms with E-state index in [2.05, 4.69) is 10.3 Å². The summed E-state index contributed by atoms with van der Waals surface area (Å²) in [5.74, 6) is 0.708. The van der Waals surface area contributed by atoms with E-state index in [-0.39, 0.29) is 11.9 Å². The van der Waals surface area contributed by atoms with Crippen molar-refractivity contribution >= 4 is 17.2 Å². The number of thiophene rings is 1. The lowest BCUT2D eigenvalue weighted by molar-refractivity contribution is 0.0923. The van der Waals surface area contributed by atoms with Crippen LogP contribution in [0.25, 0.3) is 0 Å². The molecule has 0 bridgehead atoms. The molecule has 0 saturated heterocycles. The average Bonchev–Trinajstić information content (AvgIpc) is 2.93. The second kappa shape index (κ2) is 4.78. The predicted molar refractivity (Wildman–Crippen MR) is 68.9 cm³/mol. The molecule has 1 N–H and O–H groups in total. The standard InChI is InChI=1S/C13H12N2O2S/c16-13(9-4-7-18-8-9)15-10-3-6-17-11-2-1-5-14-12(10)11/h1-2,4-5,7-8,10H,3,6H2,(H,15,16). The number of hydrogen-bond acceptors (Lipinski definition) is 4. The first-order valence-corrected chi connectivity index (χ1v) is 6.69. The number of ether oxygens (including phenoxy) is 1. The molecular formula is C13H12N2O2S. The number of aromatic nitrogens is 1. The van der Waals surface area contributed by atoms with E-state index in [1.54, 1.807) is 6.20 Å². The molecule has 92 valence electrons. The van der Waals surface area contributed by atoms with Crippen LogP contribution < -0.4 is 10.1 Å². The van der Waals surface area contributed by atoms with Crippen molar-refractivity contribution in [3.63, 3.8) is 0 Å². The van der Waals surface area contributed by atoms with Crippen LogP contribution in [0.4, 0.5) is 0 Å². The number of nitrogens with zero attached hydrogens (tertiary/aromatic N) is 1. The smallest absolute Gasteiger partial charge is 0.252 e. The molecule has 1 unspecified atom stereocenters. The fourth-order valence-electron chi connectivity index (χ4n) is 1.99. The van der Waals surface area contributed by atoms with E-state index in [4.69, 9.17) is 4.74 Å². The number of pyridine rings is 1. The Hall–Kier alpha value is -1.88. The SMILES string of the molecule is O=C(NC1CCOc2cccnc21)c1ccsc1. The number of fused-ring (bicyclic) bond motifs is 1. The number of nitrogens with one attached hydrogen (secondary N) is 1. The maximum atomic E-state index is 12.0. The Morgan fingerprint density at radius 3 is 3.28 bits per heavy atom. The van der Waals surface area contributed by atoms with Crippen molar-refractivity contribution in [2.45, 2.75) is 12.5 Å². The van der Waals surface area contributed by atoms with E-state index >= 15 is 0 Å². The first kappa shape index (κ1) is 11.2. The lowest BCUT2D eigenvalue weighted by atomic mass is 10.1. The van der Waals surface area contributed by atoms with Gasteiger partial charge in [0.1, 0.15) is 11.4 Å². The number of amides is 1. The summed E-state index contributed by atoms with van der Waals surface area (Å²) in [5.41, 5.74) is 1.51. The monoisotopic (exact) mass is 260 g/mol. The Bertz CT molecular complexity index is 554. The summed E-state index contributed by atoms with van der Waals surface area (Å²) in [4.78, 5) is 16.3. The van der Waals surface area contributed by atoms with Crippen molar-refractivity contribution < 1.29 is 9.53 Å². The van der Waals surface area contributed by atoms with Gasteiger partial charge in [0, 0.05) is 18.0 Å². The highest BCUT2D eigenvalue weighted by Gasteiger charge is 2.24. The Morgan fingerprint density at radius 2 is 2.44 bits per heavy atom. The van der Waals surface area contributed by atoms with Crippen molar-refractivity contribution in [2.24, 2.45) is 0 Å². The molecule has 3 heterocycles. The lowest BCUT2D eigenvalue weighted by Crippen LogP contribution is -2.32. The second-order valence-electron chi connectivity index (χ2n) is 4.06. The molecule has 0 fully saturated rings. The van der Waals surface area contributed by atoms with Gasteiger partial charge < -0.3 is 10.1 Å². The van der Waals surface area contributed by atoms with Crippen LogP contribution in [0.1, 0.15) is 28.5 Å². The topological polar surface area (TPSA) is 51.2 Å². The van der Waals surface area contributed by atoms with Gasteiger partial charge in [0.25, 0.3) is 5.91 Å². The van der Waals surface area contributed by atoms with Gasteiger partial charge in [0.2, 0.25) is 0 Å². The van der Waals surface area contributed by atoms with Crippen LogP contribution in [0.2, 0.25) is 0 Å². The maximum absolute atomic E-state index is 12.0. The molecule has 0 radical (unpaired) electrons. The highest BCUT2D eigenvalue weighted by Crippen LogP contribution is 2.29. The second-order valence-corrected chi connectivity index (χ2v) is 4.84. The van der Waals surface area contributed by atoms with Crippen LogP contribution in [0, 0.1) is 0 Å². The Morgan fingerprint density at radius 1 is 1.50 bits per heavy atom. The van der Waals surface area contributed by atoms with Crippen LogP contribution in [-0.2, 0) is 0 Å². The summed E-state index contributed by atoms with van der Waals surface area (Å²) in [6, 6.07) is 5.47. The van der Waals surface area contributed by atoms with E-state index in [1.165, 1.54) is 11.3 Å². The van der Waals surface area contributed by atoms with E-state index in [1.807, 2.05) is 29.0 Å². The number of carbonyl (C=O) groups excluding carboxylic acids is 1. The summed E-state index contributed by atoms with van der Waals surface area (Å²) in [6.45, 7) is 0.604. The van der Waals surface area contributed by atoms with Crippen LogP contribution in [-0.4, -0.2) is 17.5 Å². The largest absolute Gasteiger partial charge is 0.491 e. The third kappa shape index (κ3) is 2.09. The highest BCUT2D eigenvalue weighted by molar-refractivity contribution is 7.08. The number of hydrogen-bond donors (Lipinski definition) is 1. The molecule has 1 aliphatic heterocycles. The quantitative estimate of drug-likeness (QED) is 0.902. The van der Waals surface area contributed by atoms with Gasteiger partial charge in [-0.3, -0.25) is 9.78 Å². The molecule has 0 spiro atoms. The van der Waals surface area contributed by atoms with Gasteiger partial charge in [0.15, 0.2) is 0 Å². The molecule has 0 aliphatic carbocycles. The molecule has 4 nitrogen and oxygen atoms in total. The summed E-state index contributed by atoms with van der Waals surface area (Å²) in [5, 5.41) is 6.74. The molecule has 1 atom stereocenters. The zero-order valence-electron chi connectivity index (χ0n) is 9.63. The number of rotatable bonds is 2. The average molecular weight is 260 g/mol. The fourth-order valence-corrected chi connectivity index (χ4v) is 2.62. The zero-order valence-corrected chi connectivity index (χ0v) is 10.4. The van der Waals surface area contributed by atoms with E-state index in [0.29, 0.717) is 12.2 Å². The normalized spacial score (nSPS) is 17.7. The summed E-state index contributed by atoms with van der Waals surface area (Å²) in [7, 11) is 0. The molecule has 1 amide bonds. The molecule has 18 heavy (non-hydrogen) atoms. The minimum atomic E-state index is -0.0673. The molecule has 0 aromatic carbocycles. The van der Waals surface area contributed by atoms with Gasteiger partial charge in [-0.25, -0.2) is 0 Å². The molecule has 2 aromatic heterocycles. The predicted octanol–water partition coefficient (Wildman–Crippen LogP) is 2.40. The van der Waals surface area contributed by atoms with E-state index in [0.717, 1.165) is 17.9 Å². The first-order valence-electron chi connectivity index (χ1n) is 5.75. The first-order chi connectivity index (χ1) is 8.84. The molecule has 1 aliphatic rings. The van der Waals surface area contributed by atoms with E-state index < -0.39 is 0 Å². The third-order valence-electron chi connectivity index (χ3n) is 2.88. The molecular weight excluding hydrogens is 248 g/mol. The van der Waals surface area contributed by atoms with Crippen molar-refractivity contribution in [3.05, 3.63) is 46.4 Å². The lowest BCUT2D eigenvalue weighted by Gasteiger charge is -2.25. The van der Waals surface area contributed by atoms with Crippen molar-refractivity contribution in [1.29, 1.82) is 0 Å². The van der Waals surface area contributed by atoms with Crippen LogP contribution in [0.5, 0.6) is 5.75 Å². The maximum Gasteiger partial charge on any atom is 0.252 e. The zero-order chi connectivity index (χ0) is 12.4. The van der Waals surface area contributed by atoms with Crippen molar-refractivity contribution in [3.8, 4) is 5.75 Å². The van der Waals surface area contributed by atoms with Crippen molar-refractivity contribution in [2.75, 3.05) is 6.61 Å². The summed E-state index contributed by atoms with van der Waals surface area (Å²) in [6.07, 6.45) is 2.47. The minimum absolute atomic E-state index is 0.0558. The van der Waals surface area contributed by atoms with Crippen molar-refractivity contribution in [1.82, 2.24) is 10.3 Å². The minimum Gasteiger partial charge on any atom is -0.491 e. The van der Waals surface area contributed by atoms with Crippen LogP contribution in [0.15, 0.2) is 35.2 Å². The van der Waals surface area contributed by atoms with Crippen LogP contribution >= 0.6 is 11.3 Å². The molecule has 0 saturated carbocycles. The Balaban J connectivity index is 1.80. The summed E-state index contributed by atoms with van der Waals surface area (Å²) >= 11 is 1.51. The Kier molecular flexibility index (Phi) is 2.98. The summed E-state index contributed by atoms with van der Waals surface area (Å²) < 4.78 is 5.51. The highest BCUT2D eigenvalue weighted by atomic mass is 32.1. The molecule has 2 aromatic rings. The third-order valence-corrected chi connectivity index (χ3v) is 3.57. The van der Waals surface area contributed by atoms with E-state index in [9.17, 15) is 4.79 Å². The van der Waals surface area contributed by atoms with Gasteiger partial charge >= 0.3 is 0 Å². The van der Waals surface area contributed by atoms with Gasteiger partial charge in [-0.15, -0.1) is 0 Å². The van der Waals surface area contributed by atoms with Gasteiger partial charge in [-0.2, -0.15) is 11.3 Å². The van der Waals surface area contributed by atoms with Gasteiger partial charge in [0.05, 0.1) is 18.2 Å². The molecule has 3 rings (SSSR count). The molecule has 5 heteroatoms. The number of carbonyl (C=O) groups is 1. The van der Waals surface area contributed by atoms with Gasteiger partial charge in [-0.1, -0.05) is 0 Å². The Labute approximate surface area is 109 Å². The fraction of sp³-hybridized carbons (Fsp3) is 0.231. The van der Waals surface area contributed by atoms with Gasteiger partial charge in [-0.05, 0) is 23.6 Å².